The molecule has 0 spiro atoms. The topological polar surface area (TPSA) is 8.17 Å². The molecule has 2 aliphatic carbocycles. The molecule has 0 aliphatic heterocycles. The summed E-state index contributed by atoms with van der Waals surface area (Å²) in [7, 11) is 0. The Kier molecular flexibility index (Phi) is 7.36. The second-order valence-corrected chi connectivity index (χ2v) is 17.8. The number of anilines is 3. The molecule has 286 valence electrons. The zero-order chi connectivity index (χ0) is 40.3. The average molecular weight is 769 g/mol. The summed E-state index contributed by atoms with van der Waals surface area (Å²) in [6.45, 7) is 9.45. The predicted molar refractivity (Wildman–Crippen MR) is 254 cm³/mol. The second-order valence-electron chi connectivity index (χ2n) is 17.8. The van der Waals surface area contributed by atoms with E-state index in [1.807, 2.05) is 0 Å². The van der Waals surface area contributed by atoms with Gasteiger partial charge in [0.1, 0.15) is 0 Å². The third-order valence-corrected chi connectivity index (χ3v) is 13.8. The molecular weight excluding hydrogens is 725 g/mol. The van der Waals surface area contributed by atoms with Gasteiger partial charge >= 0.3 is 0 Å². The molecule has 1 aromatic heterocycles. The van der Waals surface area contributed by atoms with Crippen LogP contribution in [-0.4, -0.2) is 4.57 Å². The SMILES string of the molecule is CC1(C)c2ccccc2-c2cc(N(c3cccc(-c4ccc5cccc(-n6c7ccccc7c7ccccc76)c5c4)c3)c3ccc4c(c3)C(C)(C)c3ccccc3-4)ccc21. The van der Waals surface area contributed by atoms with E-state index in [1.165, 1.54) is 93.9 Å². The lowest BCUT2D eigenvalue weighted by Crippen LogP contribution is -2.17. The summed E-state index contributed by atoms with van der Waals surface area (Å²) in [5, 5.41) is 4.99. The van der Waals surface area contributed by atoms with Crippen molar-refractivity contribution in [1.82, 2.24) is 4.57 Å². The van der Waals surface area contributed by atoms with Crippen LogP contribution in [0.2, 0.25) is 0 Å². The van der Waals surface area contributed by atoms with Gasteiger partial charge in [0.15, 0.2) is 0 Å². The number of rotatable bonds is 5. The maximum atomic E-state index is 2.47. The highest BCUT2D eigenvalue weighted by Crippen LogP contribution is 2.53. The summed E-state index contributed by atoms with van der Waals surface area (Å²) in [6.07, 6.45) is 0. The molecule has 0 fully saturated rings. The smallest absolute Gasteiger partial charge is 0.0541 e. The van der Waals surface area contributed by atoms with Crippen molar-refractivity contribution >= 4 is 49.6 Å². The quantitative estimate of drug-likeness (QED) is 0.169. The molecule has 10 aromatic rings. The molecule has 0 radical (unpaired) electrons. The molecule has 0 amide bonds. The maximum absolute atomic E-state index is 2.47. The van der Waals surface area contributed by atoms with Gasteiger partial charge in [0, 0.05) is 44.1 Å². The van der Waals surface area contributed by atoms with Gasteiger partial charge in [0.25, 0.3) is 0 Å². The van der Waals surface area contributed by atoms with Gasteiger partial charge in [-0.25, -0.2) is 0 Å². The Morgan fingerprint density at radius 2 is 0.900 bits per heavy atom. The van der Waals surface area contributed by atoms with Gasteiger partial charge in [-0.1, -0.05) is 161 Å². The van der Waals surface area contributed by atoms with Crippen molar-refractivity contribution in [3.8, 4) is 39.1 Å². The monoisotopic (exact) mass is 768 g/mol. The van der Waals surface area contributed by atoms with Crippen molar-refractivity contribution in [2.24, 2.45) is 0 Å². The van der Waals surface area contributed by atoms with Gasteiger partial charge in [-0.05, 0) is 122 Å². The first-order chi connectivity index (χ1) is 29.3. The van der Waals surface area contributed by atoms with Crippen LogP contribution in [0.1, 0.15) is 49.9 Å². The molecule has 2 heteroatoms. The normalized spacial score (nSPS) is 14.3. The molecule has 1 heterocycles. The molecule has 12 rings (SSSR count). The standard InChI is InChI=1S/C58H44N2/c1-57(2)51-23-10-6-19-44(51)49-35-41(30-32-52(49)57)59(42-29-31-45-43-18-5-9-22-50(43)58(3,4)53(45)36-42)40-17-13-16-38(33-40)39-28-27-37-15-14-26-56(48(37)34-39)60-54-24-11-7-20-46(54)47-21-8-12-25-55(47)60/h5-36H,1-4H3. The first-order valence-corrected chi connectivity index (χ1v) is 21.2. The highest BCUT2D eigenvalue weighted by atomic mass is 15.1. The number of benzene rings is 9. The van der Waals surface area contributed by atoms with Crippen LogP contribution >= 0.6 is 0 Å². The average Bonchev–Trinajstić information content (AvgIpc) is 3.83. The predicted octanol–water partition coefficient (Wildman–Crippen LogP) is 15.7. The van der Waals surface area contributed by atoms with Crippen LogP contribution in [0.4, 0.5) is 17.1 Å². The van der Waals surface area contributed by atoms with Gasteiger partial charge in [-0.2, -0.15) is 0 Å². The number of nitrogens with zero attached hydrogens (tertiary/aromatic N) is 2. The fourth-order valence-electron chi connectivity index (χ4n) is 10.8. The molecule has 0 saturated heterocycles. The van der Waals surface area contributed by atoms with Crippen molar-refractivity contribution in [2.45, 2.75) is 38.5 Å². The van der Waals surface area contributed by atoms with E-state index in [2.05, 4.69) is 231 Å². The summed E-state index contributed by atoms with van der Waals surface area (Å²) in [5.41, 5.74) is 20.1. The lowest BCUT2D eigenvalue weighted by Gasteiger charge is -2.29. The highest BCUT2D eigenvalue weighted by Gasteiger charge is 2.37. The van der Waals surface area contributed by atoms with E-state index < -0.39 is 0 Å². The zero-order valence-electron chi connectivity index (χ0n) is 34.4. The zero-order valence-corrected chi connectivity index (χ0v) is 34.4. The third-order valence-electron chi connectivity index (χ3n) is 13.8. The fourth-order valence-corrected chi connectivity index (χ4v) is 10.8. The molecular formula is C58H44N2. The van der Waals surface area contributed by atoms with Gasteiger partial charge in [-0.15, -0.1) is 0 Å². The van der Waals surface area contributed by atoms with Crippen LogP contribution in [0.15, 0.2) is 194 Å². The Balaban J connectivity index is 1.04. The molecule has 0 atom stereocenters. The minimum atomic E-state index is -0.116. The lowest BCUT2D eigenvalue weighted by atomic mass is 9.82. The van der Waals surface area contributed by atoms with Crippen LogP contribution in [0, 0.1) is 0 Å². The minimum Gasteiger partial charge on any atom is -0.310 e. The number of para-hydroxylation sites is 2. The number of aromatic nitrogens is 1. The van der Waals surface area contributed by atoms with Gasteiger partial charge < -0.3 is 9.47 Å². The molecule has 0 N–H and O–H groups in total. The molecule has 2 aliphatic rings. The fraction of sp³-hybridized carbons (Fsp3) is 0.103. The highest BCUT2D eigenvalue weighted by molar-refractivity contribution is 6.10. The van der Waals surface area contributed by atoms with E-state index in [0.29, 0.717) is 0 Å². The van der Waals surface area contributed by atoms with E-state index >= 15 is 0 Å². The number of hydrogen-bond acceptors (Lipinski definition) is 1. The van der Waals surface area contributed by atoms with Crippen molar-refractivity contribution < 1.29 is 0 Å². The maximum Gasteiger partial charge on any atom is 0.0541 e. The van der Waals surface area contributed by atoms with Crippen LogP contribution in [0.3, 0.4) is 0 Å². The molecule has 0 bridgehead atoms. The van der Waals surface area contributed by atoms with Crippen molar-refractivity contribution in [3.63, 3.8) is 0 Å². The minimum absolute atomic E-state index is 0.0628. The molecule has 2 nitrogen and oxygen atoms in total. The van der Waals surface area contributed by atoms with E-state index in [1.54, 1.807) is 0 Å². The van der Waals surface area contributed by atoms with Crippen molar-refractivity contribution in [2.75, 3.05) is 4.90 Å². The summed E-state index contributed by atoms with van der Waals surface area (Å²) in [6, 6.07) is 72.4. The summed E-state index contributed by atoms with van der Waals surface area (Å²) < 4.78 is 2.44. The van der Waals surface area contributed by atoms with Crippen LogP contribution in [0.5, 0.6) is 0 Å². The van der Waals surface area contributed by atoms with E-state index in [9.17, 15) is 0 Å². The Hall–Kier alpha value is -7.16. The van der Waals surface area contributed by atoms with E-state index in [0.717, 1.165) is 17.1 Å². The Morgan fingerprint density at radius 1 is 0.350 bits per heavy atom. The second kappa shape index (κ2) is 12.7. The van der Waals surface area contributed by atoms with Crippen molar-refractivity contribution in [3.05, 3.63) is 216 Å². The Morgan fingerprint density at radius 3 is 1.65 bits per heavy atom. The molecule has 60 heavy (non-hydrogen) atoms. The first-order valence-electron chi connectivity index (χ1n) is 21.2. The van der Waals surface area contributed by atoms with Gasteiger partial charge in [-0.3, -0.25) is 0 Å². The van der Waals surface area contributed by atoms with Gasteiger partial charge in [0.2, 0.25) is 0 Å². The third kappa shape index (κ3) is 4.94. The number of fused-ring (bicyclic) bond motifs is 10. The largest absolute Gasteiger partial charge is 0.310 e. The van der Waals surface area contributed by atoms with Crippen LogP contribution < -0.4 is 4.90 Å². The molecule has 0 unspecified atom stereocenters. The summed E-state index contributed by atoms with van der Waals surface area (Å²) in [5.74, 6) is 0. The van der Waals surface area contributed by atoms with E-state index in [-0.39, 0.29) is 10.8 Å². The summed E-state index contributed by atoms with van der Waals surface area (Å²) >= 11 is 0. The van der Waals surface area contributed by atoms with Crippen LogP contribution in [0.25, 0.3) is 71.6 Å². The molecule has 0 saturated carbocycles. The Bertz CT molecular complexity index is 3340. The number of hydrogen-bond donors (Lipinski definition) is 0. The van der Waals surface area contributed by atoms with E-state index in [4.69, 9.17) is 0 Å². The lowest BCUT2D eigenvalue weighted by molar-refractivity contribution is 0.660. The van der Waals surface area contributed by atoms with Crippen molar-refractivity contribution in [1.29, 1.82) is 0 Å². The van der Waals surface area contributed by atoms with Crippen LogP contribution in [-0.2, 0) is 10.8 Å². The van der Waals surface area contributed by atoms with Gasteiger partial charge in [0.05, 0.1) is 16.7 Å². The molecule has 9 aromatic carbocycles. The first kappa shape index (κ1) is 34.8. The Labute approximate surface area is 351 Å². The summed E-state index contributed by atoms with van der Waals surface area (Å²) in [4.78, 5) is 2.47.